The Bertz CT molecular complexity index is 913. The van der Waals surface area contributed by atoms with E-state index in [-0.39, 0.29) is 21.9 Å². The zero-order valence-corrected chi connectivity index (χ0v) is 16.1. The zero-order chi connectivity index (χ0) is 18.1. The Morgan fingerprint density at radius 1 is 1.33 bits per heavy atom. The Morgan fingerprint density at radius 2 is 2.00 bits per heavy atom. The van der Waals surface area contributed by atoms with Crippen LogP contribution in [0, 0.1) is 6.92 Å². The summed E-state index contributed by atoms with van der Waals surface area (Å²) >= 11 is 9.22. The summed E-state index contributed by atoms with van der Waals surface area (Å²) in [6.07, 6.45) is 0. The van der Waals surface area contributed by atoms with Gasteiger partial charge in [-0.1, -0.05) is 23.7 Å². The normalized spacial score (nSPS) is 11.3. The van der Waals surface area contributed by atoms with Crippen LogP contribution in [0.15, 0.2) is 39.7 Å². The van der Waals surface area contributed by atoms with E-state index in [1.54, 1.807) is 31.2 Å². The number of sulfone groups is 1. The largest absolute Gasteiger partial charge is 0.465 e. The number of para-hydroxylation sites is 1. The van der Waals surface area contributed by atoms with Gasteiger partial charge in [-0.2, -0.15) is 0 Å². The summed E-state index contributed by atoms with van der Waals surface area (Å²) in [5.74, 6) is -0.938. The standard InChI is InChI=1S/C16H15BrClNO4S/c1-9-6-11(16(20)23-2)7-13(14(9)17)24(21,22)8-10-4-3-5-12(18)15(10)19/h3-7H,8,19H2,1-2H3. The number of hydrogen-bond acceptors (Lipinski definition) is 5. The van der Waals surface area contributed by atoms with E-state index in [1.807, 2.05) is 0 Å². The fourth-order valence-corrected chi connectivity index (χ4v) is 4.91. The molecule has 0 radical (unpaired) electrons. The van der Waals surface area contributed by atoms with Crippen LogP contribution in [0.25, 0.3) is 0 Å². The van der Waals surface area contributed by atoms with E-state index in [2.05, 4.69) is 20.7 Å². The summed E-state index contributed by atoms with van der Waals surface area (Å²) in [7, 11) is -2.53. The van der Waals surface area contributed by atoms with Gasteiger partial charge in [0.05, 0.1) is 34.0 Å². The van der Waals surface area contributed by atoms with E-state index in [0.29, 0.717) is 20.6 Å². The van der Waals surface area contributed by atoms with Crippen molar-refractivity contribution < 1.29 is 17.9 Å². The number of rotatable bonds is 4. The third-order valence-electron chi connectivity index (χ3n) is 3.47. The number of methoxy groups -OCH3 is 1. The second kappa shape index (κ2) is 7.13. The summed E-state index contributed by atoms with van der Waals surface area (Å²) < 4.78 is 30.7. The maximum Gasteiger partial charge on any atom is 0.337 e. The number of nitrogen functional groups attached to an aromatic ring is 1. The van der Waals surface area contributed by atoms with Gasteiger partial charge in [0.15, 0.2) is 9.84 Å². The molecule has 2 aromatic rings. The van der Waals surface area contributed by atoms with E-state index in [1.165, 1.54) is 13.2 Å². The van der Waals surface area contributed by atoms with Gasteiger partial charge in [-0.3, -0.25) is 0 Å². The van der Waals surface area contributed by atoms with E-state index < -0.39 is 15.8 Å². The van der Waals surface area contributed by atoms with Crippen LogP contribution < -0.4 is 5.73 Å². The molecular weight excluding hydrogens is 418 g/mol. The number of benzene rings is 2. The van der Waals surface area contributed by atoms with Crippen LogP contribution >= 0.6 is 27.5 Å². The van der Waals surface area contributed by atoms with E-state index in [0.717, 1.165) is 0 Å². The highest BCUT2D eigenvalue weighted by atomic mass is 79.9. The number of anilines is 1. The maximum absolute atomic E-state index is 12.8. The number of carbonyl (C=O) groups is 1. The van der Waals surface area contributed by atoms with Gasteiger partial charge in [-0.15, -0.1) is 0 Å². The van der Waals surface area contributed by atoms with Gasteiger partial charge in [0.2, 0.25) is 0 Å². The highest BCUT2D eigenvalue weighted by molar-refractivity contribution is 9.10. The molecule has 0 atom stereocenters. The molecule has 2 rings (SSSR count). The quantitative estimate of drug-likeness (QED) is 0.587. The highest BCUT2D eigenvalue weighted by Gasteiger charge is 2.23. The van der Waals surface area contributed by atoms with Crippen LogP contribution in [0.2, 0.25) is 5.02 Å². The predicted molar refractivity (Wildman–Crippen MR) is 97.0 cm³/mol. The molecule has 24 heavy (non-hydrogen) atoms. The van der Waals surface area contributed by atoms with Crippen molar-refractivity contribution in [2.45, 2.75) is 17.6 Å². The van der Waals surface area contributed by atoms with Gasteiger partial charge in [0.25, 0.3) is 0 Å². The summed E-state index contributed by atoms with van der Waals surface area (Å²) in [5, 5.41) is 0.293. The molecular formula is C16H15BrClNO4S. The number of esters is 1. The van der Waals surface area contributed by atoms with Crippen LogP contribution in [-0.4, -0.2) is 21.5 Å². The highest BCUT2D eigenvalue weighted by Crippen LogP contribution is 2.32. The van der Waals surface area contributed by atoms with Crippen LogP contribution in [-0.2, 0) is 20.3 Å². The number of carbonyl (C=O) groups excluding carboxylic acids is 1. The van der Waals surface area contributed by atoms with Gasteiger partial charge in [0.1, 0.15) is 0 Å². The minimum atomic E-state index is -3.76. The first kappa shape index (κ1) is 18.8. The molecule has 2 aromatic carbocycles. The van der Waals surface area contributed by atoms with Crippen molar-refractivity contribution >= 4 is 49.0 Å². The maximum atomic E-state index is 12.8. The summed E-state index contributed by atoms with van der Waals surface area (Å²) in [6, 6.07) is 7.67. The average Bonchev–Trinajstić information content (AvgIpc) is 2.53. The fraction of sp³-hybridized carbons (Fsp3) is 0.188. The number of ether oxygens (including phenoxy) is 1. The Morgan fingerprint density at radius 3 is 2.62 bits per heavy atom. The van der Waals surface area contributed by atoms with Crippen molar-refractivity contribution in [2.75, 3.05) is 12.8 Å². The molecule has 0 aliphatic rings. The minimum absolute atomic E-state index is 0.00211. The molecule has 5 nitrogen and oxygen atoms in total. The van der Waals surface area contributed by atoms with Crippen molar-refractivity contribution in [3.8, 4) is 0 Å². The molecule has 0 amide bonds. The Kier molecular flexibility index (Phi) is 5.57. The van der Waals surface area contributed by atoms with Crippen molar-refractivity contribution in [3.63, 3.8) is 0 Å². The fourth-order valence-electron chi connectivity index (χ4n) is 2.19. The van der Waals surface area contributed by atoms with Crippen molar-refractivity contribution in [3.05, 3.63) is 56.5 Å². The molecule has 0 saturated heterocycles. The Balaban J connectivity index is 2.55. The van der Waals surface area contributed by atoms with Crippen molar-refractivity contribution in [2.24, 2.45) is 0 Å². The molecule has 0 fully saturated rings. The van der Waals surface area contributed by atoms with Crippen molar-refractivity contribution in [1.29, 1.82) is 0 Å². The summed E-state index contributed by atoms with van der Waals surface area (Å²) in [6.45, 7) is 1.70. The van der Waals surface area contributed by atoms with Crippen LogP contribution in [0.4, 0.5) is 5.69 Å². The van der Waals surface area contributed by atoms with E-state index >= 15 is 0 Å². The molecule has 0 aliphatic heterocycles. The topological polar surface area (TPSA) is 86.5 Å². The second-order valence-corrected chi connectivity index (χ2v) is 8.33. The van der Waals surface area contributed by atoms with Crippen molar-refractivity contribution in [1.82, 2.24) is 0 Å². The average molecular weight is 433 g/mol. The lowest BCUT2D eigenvalue weighted by Gasteiger charge is -2.12. The second-order valence-electron chi connectivity index (χ2n) is 5.17. The van der Waals surface area contributed by atoms with Crippen LogP contribution in [0.5, 0.6) is 0 Å². The van der Waals surface area contributed by atoms with Crippen LogP contribution in [0.1, 0.15) is 21.5 Å². The van der Waals surface area contributed by atoms with E-state index in [4.69, 9.17) is 17.3 Å². The Hall–Kier alpha value is -1.57. The third kappa shape index (κ3) is 3.74. The van der Waals surface area contributed by atoms with Crippen LogP contribution in [0.3, 0.4) is 0 Å². The molecule has 8 heteroatoms. The Labute approximate surface area is 153 Å². The lowest BCUT2D eigenvalue weighted by molar-refractivity contribution is 0.0600. The number of aryl methyl sites for hydroxylation is 1. The molecule has 128 valence electrons. The number of hydrogen-bond donors (Lipinski definition) is 1. The molecule has 0 unspecified atom stereocenters. The van der Waals surface area contributed by atoms with Gasteiger partial charge < -0.3 is 10.5 Å². The SMILES string of the molecule is COC(=O)c1cc(C)c(Br)c(S(=O)(=O)Cc2cccc(Cl)c2N)c1. The molecule has 0 aliphatic carbocycles. The molecule has 0 saturated carbocycles. The number of halogens is 2. The minimum Gasteiger partial charge on any atom is -0.465 e. The smallest absolute Gasteiger partial charge is 0.337 e. The first-order chi connectivity index (χ1) is 11.2. The lowest BCUT2D eigenvalue weighted by Crippen LogP contribution is -2.11. The molecule has 0 aromatic heterocycles. The summed E-state index contributed by atoms with van der Waals surface area (Å²) in [5.41, 5.74) is 7.24. The number of nitrogens with two attached hydrogens (primary N) is 1. The van der Waals surface area contributed by atoms with E-state index in [9.17, 15) is 13.2 Å². The third-order valence-corrected chi connectivity index (χ3v) is 6.79. The summed E-state index contributed by atoms with van der Waals surface area (Å²) in [4.78, 5) is 11.7. The van der Waals surface area contributed by atoms with Gasteiger partial charge in [-0.25, -0.2) is 13.2 Å². The molecule has 0 bridgehead atoms. The monoisotopic (exact) mass is 431 g/mol. The van der Waals surface area contributed by atoms with Gasteiger partial charge >= 0.3 is 5.97 Å². The molecule has 2 N–H and O–H groups in total. The zero-order valence-electron chi connectivity index (χ0n) is 13.0. The first-order valence-electron chi connectivity index (χ1n) is 6.81. The van der Waals surface area contributed by atoms with Gasteiger partial charge in [0, 0.05) is 4.47 Å². The predicted octanol–water partition coefficient (Wildman–Crippen LogP) is 3.75. The first-order valence-corrected chi connectivity index (χ1v) is 9.63. The molecule has 0 spiro atoms. The molecule has 0 heterocycles. The van der Waals surface area contributed by atoms with Gasteiger partial charge in [-0.05, 0) is 52.2 Å². The lowest BCUT2D eigenvalue weighted by atomic mass is 10.1.